The Hall–Kier alpha value is -0.275. The molecule has 1 rings (SSSR count). The molecular weight excluding hydrogens is 163 g/mol. The largest absolute Gasteiger partial charge is 0.486 e. The highest BCUT2D eigenvalue weighted by Gasteiger charge is 2.20. The monoisotopic (exact) mass is 182 g/mol. The van der Waals surface area contributed by atoms with E-state index in [1.165, 1.54) is 12.8 Å². The van der Waals surface area contributed by atoms with Crippen LogP contribution in [-0.2, 0) is 4.65 Å². The number of hydrogen-bond acceptors (Lipinski definition) is 2. The van der Waals surface area contributed by atoms with Crippen molar-refractivity contribution in [1.29, 1.82) is 0 Å². The zero-order chi connectivity index (χ0) is 9.52. The molecular formula is C10H19BO2. The van der Waals surface area contributed by atoms with Gasteiger partial charge in [-0.1, -0.05) is 19.4 Å². The molecule has 3 heteroatoms. The first-order chi connectivity index (χ1) is 6.34. The van der Waals surface area contributed by atoms with Gasteiger partial charge in [-0.3, -0.25) is 0 Å². The van der Waals surface area contributed by atoms with E-state index in [-0.39, 0.29) is 0 Å². The maximum atomic E-state index is 9.61. The molecule has 0 bridgehead atoms. The van der Waals surface area contributed by atoms with Crippen molar-refractivity contribution in [3.8, 4) is 0 Å². The van der Waals surface area contributed by atoms with Gasteiger partial charge in [0.2, 0.25) is 0 Å². The predicted molar refractivity (Wildman–Crippen MR) is 55.4 cm³/mol. The number of allylic oxidation sites excluding steroid dienone is 2. The molecule has 0 amide bonds. The topological polar surface area (TPSA) is 29.5 Å². The molecule has 0 aromatic carbocycles. The van der Waals surface area contributed by atoms with Crippen molar-refractivity contribution in [3.05, 3.63) is 11.5 Å². The fraction of sp³-hybridized carbons (Fsp3) is 0.800. The smallest absolute Gasteiger partial charge is 0.423 e. The van der Waals surface area contributed by atoms with Crippen molar-refractivity contribution >= 4 is 7.12 Å². The van der Waals surface area contributed by atoms with Crippen molar-refractivity contribution in [2.24, 2.45) is 0 Å². The summed E-state index contributed by atoms with van der Waals surface area (Å²) in [4.78, 5) is 0. The molecule has 0 saturated heterocycles. The first-order valence-corrected chi connectivity index (χ1v) is 5.33. The van der Waals surface area contributed by atoms with Gasteiger partial charge < -0.3 is 9.68 Å². The van der Waals surface area contributed by atoms with Gasteiger partial charge in [0.1, 0.15) is 0 Å². The van der Waals surface area contributed by atoms with Crippen LogP contribution in [-0.4, -0.2) is 18.7 Å². The fourth-order valence-corrected chi connectivity index (χ4v) is 1.53. The standard InChI is InChI=1S/C10H19BO2/c1-2-3-9-13-11(12)10-7-5-4-6-8-10/h7,12H,2-6,8-9H2,1H3. The Balaban J connectivity index is 2.21. The minimum absolute atomic E-state index is 0.633. The van der Waals surface area contributed by atoms with Gasteiger partial charge in [0.15, 0.2) is 0 Å². The molecule has 0 unspecified atom stereocenters. The van der Waals surface area contributed by atoms with Gasteiger partial charge >= 0.3 is 7.12 Å². The van der Waals surface area contributed by atoms with Gasteiger partial charge in [-0.05, 0) is 37.6 Å². The molecule has 13 heavy (non-hydrogen) atoms. The summed E-state index contributed by atoms with van der Waals surface area (Å²) in [6.45, 7) is 2.80. The first-order valence-electron chi connectivity index (χ1n) is 5.33. The Morgan fingerprint density at radius 1 is 1.54 bits per heavy atom. The lowest BCUT2D eigenvalue weighted by atomic mass is 9.73. The summed E-state index contributed by atoms with van der Waals surface area (Å²) >= 11 is 0. The van der Waals surface area contributed by atoms with E-state index in [1.54, 1.807) is 0 Å². The average Bonchev–Trinajstić information content (AvgIpc) is 2.19. The molecule has 0 fully saturated rings. The van der Waals surface area contributed by atoms with Crippen LogP contribution in [0.15, 0.2) is 11.5 Å². The minimum atomic E-state index is -0.633. The van der Waals surface area contributed by atoms with Crippen LogP contribution in [0.2, 0.25) is 0 Å². The summed E-state index contributed by atoms with van der Waals surface area (Å²) in [5.41, 5.74) is 1.09. The SMILES string of the molecule is CCCCOB(O)C1=CCCCC1. The number of hydrogen-bond donors (Lipinski definition) is 1. The highest BCUT2D eigenvalue weighted by molar-refractivity contribution is 6.52. The molecule has 0 aromatic heterocycles. The molecule has 0 saturated carbocycles. The maximum absolute atomic E-state index is 9.61. The Morgan fingerprint density at radius 2 is 2.38 bits per heavy atom. The van der Waals surface area contributed by atoms with Crippen molar-refractivity contribution < 1.29 is 9.68 Å². The van der Waals surface area contributed by atoms with E-state index < -0.39 is 7.12 Å². The lowest BCUT2D eigenvalue weighted by Crippen LogP contribution is -2.23. The van der Waals surface area contributed by atoms with E-state index in [2.05, 4.69) is 13.0 Å². The van der Waals surface area contributed by atoms with Gasteiger partial charge in [0.25, 0.3) is 0 Å². The fourth-order valence-electron chi connectivity index (χ4n) is 1.53. The molecule has 1 aliphatic carbocycles. The van der Waals surface area contributed by atoms with Crippen LogP contribution < -0.4 is 0 Å². The summed E-state index contributed by atoms with van der Waals surface area (Å²) in [6.07, 6.45) is 8.83. The van der Waals surface area contributed by atoms with Crippen LogP contribution in [0.1, 0.15) is 45.4 Å². The molecule has 0 spiro atoms. The van der Waals surface area contributed by atoms with Gasteiger partial charge in [-0.2, -0.15) is 0 Å². The summed E-state index contributed by atoms with van der Waals surface area (Å²) in [5, 5.41) is 9.61. The van der Waals surface area contributed by atoms with Gasteiger partial charge in [0.05, 0.1) is 0 Å². The molecule has 74 valence electrons. The van der Waals surface area contributed by atoms with E-state index in [1.807, 2.05) is 0 Å². The molecule has 1 N–H and O–H groups in total. The van der Waals surface area contributed by atoms with Gasteiger partial charge in [-0.15, -0.1) is 0 Å². The zero-order valence-electron chi connectivity index (χ0n) is 8.46. The highest BCUT2D eigenvalue weighted by atomic mass is 16.5. The van der Waals surface area contributed by atoms with Crippen LogP contribution in [0.5, 0.6) is 0 Å². The lowest BCUT2D eigenvalue weighted by molar-refractivity contribution is 0.259. The normalized spacial score (nSPS) is 16.9. The Kier molecular flexibility index (Phi) is 5.17. The molecule has 0 atom stereocenters. The second kappa shape index (κ2) is 6.22. The second-order valence-corrected chi connectivity index (χ2v) is 3.60. The molecule has 2 nitrogen and oxygen atoms in total. The molecule has 0 radical (unpaired) electrons. The van der Waals surface area contributed by atoms with Crippen LogP contribution >= 0.6 is 0 Å². The second-order valence-electron chi connectivity index (χ2n) is 3.60. The van der Waals surface area contributed by atoms with Gasteiger partial charge in [-0.25, -0.2) is 0 Å². The predicted octanol–water partition coefficient (Wildman–Crippen LogP) is 2.32. The van der Waals surface area contributed by atoms with Crippen LogP contribution in [0.4, 0.5) is 0 Å². The Morgan fingerprint density at radius 3 is 3.00 bits per heavy atom. The van der Waals surface area contributed by atoms with Crippen molar-refractivity contribution in [2.75, 3.05) is 6.61 Å². The van der Waals surface area contributed by atoms with Crippen LogP contribution in [0.25, 0.3) is 0 Å². The van der Waals surface area contributed by atoms with E-state index in [4.69, 9.17) is 4.65 Å². The van der Waals surface area contributed by atoms with Gasteiger partial charge in [0, 0.05) is 6.61 Å². The molecule has 0 aliphatic heterocycles. The molecule has 0 heterocycles. The third-order valence-corrected chi connectivity index (χ3v) is 2.42. The lowest BCUT2D eigenvalue weighted by Gasteiger charge is -2.15. The zero-order valence-corrected chi connectivity index (χ0v) is 8.46. The van der Waals surface area contributed by atoms with Crippen molar-refractivity contribution in [3.63, 3.8) is 0 Å². The van der Waals surface area contributed by atoms with E-state index in [0.717, 1.165) is 31.2 Å². The maximum Gasteiger partial charge on any atom is 0.486 e. The Labute approximate surface area is 81.1 Å². The summed E-state index contributed by atoms with van der Waals surface area (Å²) in [7, 11) is -0.633. The van der Waals surface area contributed by atoms with E-state index >= 15 is 0 Å². The number of unbranched alkanes of at least 4 members (excludes halogenated alkanes) is 1. The van der Waals surface area contributed by atoms with Crippen LogP contribution in [0.3, 0.4) is 0 Å². The summed E-state index contributed by atoms with van der Waals surface area (Å²) < 4.78 is 5.31. The summed E-state index contributed by atoms with van der Waals surface area (Å²) in [6, 6.07) is 0. The molecule has 1 aliphatic rings. The summed E-state index contributed by atoms with van der Waals surface area (Å²) in [5.74, 6) is 0. The van der Waals surface area contributed by atoms with Crippen LogP contribution in [0, 0.1) is 0 Å². The first kappa shape index (κ1) is 10.8. The van der Waals surface area contributed by atoms with E-state index in [0.29, 0.717) is 6.61 Å². The highest BCUT2D eigenvalue weighted by Crippen LogP contribution is 2.19. The number of rotatable bonds is 5. The molecule has 0 aromatic rings. The van der Waals surface area contributed by atoms with Crippen molar-refractivity contribution in [2.45, 2.75) is 45.4 Å². The minimum Gasteiger partial charge on any atom is -0.423 e. The quantitative estimate of drug-likeness (QED) is 0.522. The Bertz CT molecular complexity index is 168. The van der Waals surface area contributed by atoms with Crippen molar-refractivity contribution in [1.82, 2.24) is 0 Å². The third kappa shape index (κ3) is 3.96. The average molecular weight is 182 g/mol. The van der Waals surface area contributed by atoms with E-state index in [9.17, 15) is 5.02 Å². The third-order valence-electron chi connectivity index (χ3n) is 2.42.